The summed E-state index contributed by atoms with van der Waals surface area (Å²) in [6, 6.07) is 0. The van der Waals surface area contributed by atoms with Crippen molar-refractivity contribution in [1.82, 2.24) is 19.8 Å². The molecule has 1 saturated heterocycles. The molecule has 3 rings (SSSR count). The van der Waals surface area contributed by atoms with Crippen molar-refractivity contribution >= 4 is 34.5 Å². The lowest BCUT2D eigenvalue weighted by molar-refractivity contribution is -0.117. The van der Waals surface area contributed by atoms with Gasteiger partial charge in [0.2, 0.25) is 11.8 Å². The van der Waals surface area contributed by atoms with Crippen LogP contribution in [0.25, 0.3) is 12.2 Å². The monoisotopic (exact) mass is 389 g/mol. The summed E-state index contributed by atoms with van der Waals surface area (Å²) >= 11 is 1.43. The quantitative estimate of drug-likeness (QED) is 0.848. The minimum Gasteiger partial charge on any atom is -0.441 e. The van der Waals surface area contributed by atoms with E-state index in [0.29, 0.717) is 17.6 Å². The van der Waals surface area contributed by atoms with Crippen LogP contribution < -0.4 is 5.32 Å². The summed E-state index contributed by atoms with van der Waals surface area (Å²) in [5.74, 6) is 1.39. The molecule has 1 fully saturated rings. The highest BCUT2D eigenvalue weighted by Gasteiger charge is 2.19. The van der Waals surface area contributed by atoms with E-state index >= 15 is 0 Å². The van der Waals surface area contributed by atoms with Gasteiger partial charge in [-0.3, -0.25) is 9.69 Å². The topological polar surface area (TPSA) is 74.5 Å². The summed E-state index contributed by atoms with van der Waals surface area (Å²) < 4.78 is 5.74. The lowest BCUT2D eigenvalue weighted by Gasteiger charge is -2.31. The third-order valence-electron chi connectivity index (χ3n) is 4.39. The average Bonchev–Trinajstić information content (AvgIpc) is 3.24. The molecule has 2 aromatic rings. The van der Waals surface area contributed by atoms with Crippen molar-refractivity contribution in [2.24, 2.45) is 0 Å². The molecule has 0 spiro atoms. The van der Waals surface area contributed by atoms with Gasteiger partial charge in [0.25, 0.3) is 0 Å². The minimum atomic E-state index is -0.0647. The van der Waals surface area contributed by atoms with E-state index < -0.39 is 0 Å². The van der Waals surface area contributed by atoms with E-state index in [2.05, 4.69) is 52.9 Å². The number of nitrogens with one attached hydrogen (secondary N) is 1. The number of carbonyl (C=O) groups is 1. The maximum Gasteiger partial charge on any atom is 0.240 e. The van der Waals surface area contributed by atoms with Gasteiger partial charge in [-0.25, -0.2) is 9.97 Å². The first kappa shape index (κ1) is 19.7. The van der Waals surface area contributed by atoms with Gasteiger partial charge in [0.15, 0.2) is 5.13 Å². The van der Waals surface area contributed by atoms with Crippen molar-refractivity contribution < 1.29 is 9.21 Å². The summed E-state index contributed by atoms with van der Waals surface area (Å²) in [5.41, 5.74) is -0.0647. The fourth-order valence-corrected chi connectivity index (χ4v) is 3.39. The van der Waals surface area contributed by atoms with Crippen LogP contribution in [0.2, 0.25) is 0 Å². The first-order valence-corrected chi connectivity index (χ1v) is 9.92. The Hall–Kier alpha value is -2.03. The first-order chi connectivity index (χ1) is 12.8. The fraction of sp³-hybridized carbons (Fsp3) is 0.526. The number of rotatable bonds is 5. The first-order valence-electron chi connectivity index (χ1n) is 9.10. The number of piperazine rings is 1. The van der Waals surface area contributed by atoms with Crippen LogP contribution in [0.4, 0.5) is 5.13 Å². The molecule has 0 bridgehead atoms. The smallest absolute Gasteiger partial charge is 0.240 e. The minimum absolute atomic E-state index is 0.0213. The Balaban J connectivity index is 1.52. The highest BCUT2D eigenvalue weighted by Crippen LogP contribution is 2.24. The number of hydrogen-bond donors (Lipinski definition) is 1. The lowest BCUT2D eigenvalue weighted by atomic mass is 9.94. The zero-order chi connectivity index (χ0) is 19.4. The maximum atomic E-state index is 12.2. The van der Waals surface area contributed by atoms with Crippen LogP contribution in [-0.2, 0) is 10.2 Å². The average molecular weight is 390 g/mol. The van der Waals surface area contributed by atoms with Crippen LogP contribution in [0.15, 0.2) is 16.8 Å². The van der Waals surface area contributed by atoms with Gasteiger partial charge in [0.05, 0.1) is 12.7 Å². The second-order valence-electron chi connectivity index (χ2n) is 7.84. The zero-order valence-electron chi connectivity index (χ0n) is 16.4. The van der Waals surface area contributed by atoms with Crippen LogP contribution in [-0.4, -0.2) is 65.4 Å². The van der Waals surface area contributed by atoms with Gasteiger partial charge in [-0.15, -0.1) is 0 Å². The van der Waals surface area contributed by atoms with Crippen molar-refractivity contribution in [2.75, 3.05) is 45.1 Å². The van der Waals surface area contributed by atoms with E-state index in [1.54, 1.807) is 12.4 Å². The molecule has 27 heavy (non-hydrogen) atoms. The number of oxazole rings is 1. The predicted octanol–water partition coefficient (Wildman–Crippen LogP) is 2.78. The van der Waals surface area contributed by atoms with Gasteiger partial charge < -0.3 is 14.6 Å². The van der Waals surface area contributed by atoms with E-state index in [1.807, 2.05) is 12.2 Å². The number of amides is 1. The number of aromatic nitrogens is 2. The Morgan fingerprint density at radius 1 is 1.22 bits per heavy atom. The van der Waals surface area contributed by atoms with Crippen LogP contribution in [0.1, 0.15) is 37.3 Å². The number of anilines is 1. The van der Waals surface area contributed by atoms with Crippen LogP contribution in [0, 0.1) is 0 Å². The molecule has 0 unspecified atom stereocenters. The van der Waals surface area contributed by atoms with Crippen molar-refractivity contribution in [3.05, 3.63) is 28.9 Å². The molecule has 1 N–H and O–H groups in total. The second-order valence-corrected chi connectivity index (χ2v) is 8.90. The summed E-state index contributed by atoms with van der Waals surface area (Å²) in [5, 5.41) is 3.49. The molecule has 0 saturated carbocycles. The van der Waals surface area contributed by atoms with Crippen molar-refractivity contribution in [3.8, 4) is 0 Å². The van der Waals surface area contributed by atoms with Gasteiger partial charge >= 0.3 is 0 Å². The Bertz CT molecular complexity index is 797. The molecular weight excluding hydrogens is 362 g/mol. The molecule has 0 aliphatic carbocycles. The normalized spacial score (nSPS) is 16.9. The summed E-state index contributed by atoms with van der Waals surface area (Å²) in [7, 11) is 2.10. The largest absolute Gasteiger partial charge is 0.441 e. The molecule has 0 radical (unpaired) electrons. The standard InChI is InChI=1S/C19H27N5O2S/c1-19(2,3)15-12-20-17(26-15)6-5-14-11-21-18(27-14)22-16(25)13-24-9-7-23(4)8-10-24/h5-6,11-12H,7-10,13H2,1-4H3,(H,21,22,25). The molecule has 1 aliphatic rings. The third-order valence-corrected chi connectivity index (χ3v) is 5.26. The van der Waals surface area contributed by atoms with E-state index in [0.717, 1.165) is 36.8 Å². The zero-order valence-corrected chi connectivity index (χ0v) is 17.2. The Morgan fingerprint density at radius 3 is 2.63 bits per heavy atom. The Kier molecular flexibility index (Phi) is 6.08. The van der Waals surface area contributed by atoms with E-state index in [4.69, 9.17) is 4.42 Å². The highest BCUT2D eigenvalue weighted by molar-refractivity contribution is 7.16. The molecule has 2 aromatic heterocycles. The van der Waals surface area contributed by atoms with Crippen LogP contribution in [0.3, 0.4) is 0 Å². The van der Waals surface area contributed by atoms with Crippen LogP contribution in [0.5, 0.6) is 0 Å². The highest BCUT2D eigenvalue weighted by atomic mass is 32.1. The molecule has 1 aliphatic heterocycles. The molecule has 0 atom stereocenters. The van der Waals surface area contributed by atoms with Gasteiger partial charge in [-0.05, 0) is 13.1 Å². The molecular formula is C19H27N5O2S. The molecule has 0 aromatic carbocycles. The Labute approximate surface area is 164 Å². The summed E-state index contributed by atoms with van der Waals surface area (Å²) in [6.45, 7) is 10.5. The maximum absolute atomic E-state index is 12.2. The SMILES string of the molecule is CN1CCN(CC(=O)Nc2ncc(C=Cc3ncc(C(C)(C)C)o3)s2)CC1. The number of thiazole rings is 1. The van der Waals surface area contributed by atoms with Gasteiger partial charge in [0.1, 0.15) is 5.76 Å². The molecule has 7 nitrogen and oxygen atoms in total. The molecule has 146 valence electrons. The van der Waals surface area contributed by atoms with E-state index in [-0.39, 0.29) is 11.3 Å². The van der Waals surface area contributed by atoms with Gasteiger partial charge in [-0.1, -0.05) is 32.1 Å². The number of carbonyl (C=O) groups excluding carboxylic acids is 1. The fourth-order valence-electron chi connectivity index (χ4n) is 2.65. The molecule has 3 heterocycles. The summed E-state index contributed by atoms with van der Waals surface area (Å²) in [4.78, 5) is 26.1. The third kappa shape index (κ3) is 5.72. The molecule has 8 heteroatoms. The number of nitrogens with zero attached hydrogens (tertiary/aromatic N) is 4. The van der Waals surface area contributed by atoms with Crippen molar-refractivity contribution in [3.63, 3.8) is 0 Å². The number of likely N-dealkylation sites (N-methyl/N-ethyl adjacent to an activating group) is 1. The van der Waals surface area contributed by atoms with Crippen LogP contribution >= 0.6 is 11.3 Å². The Morgan fingerprint density at radius 2 is 1.96 bits per heavy atom. The molecule has 1 amide bonds. The van der Waals surface area contributed by atoms with Crippen molar-refractivity contribution in [1.29, 1.82) is 0 Å². The van der Waals surface area contributed by atoms with Gasteiger partial charge in [-0.2, -0.15) is 0 Å². The van der Waals surface area contributed by atoms with Crippen molar-refractivity contribution in [2.45, 2.75) is 26.2 Å². The lowest BCUT2D eigenvalue weighted by Crippen LogP contribution is -2.47. The number of hydrogen-bond acceptors (Lipinski definition) is 7. The van der Waals surface area contributed by atoms with E-state index in [9.17, 15) is 4.79 Å². The predicted molar refractivity (Wildman–Crippen MR) is 109 cm³/mol. The summed E-state index contributed by atoms with van der Waals surface area (Å²) in [6.07, 6.45) is 7.21. The van der Waals surface area contributed by atoms with E-state index in [1.165, 1.54) is 11.3 Å². The second kappa shape index (κ2) is 8.33. The van der Waals surface area contributed by atoms with Gasteiger partial charge in [0, 0.05) is 48.7 Å².